The summed E-state index contributed by atoms with van der Waals surface area (Å²) in [7, 11) is 1.72. The van der Waals surface area contributed by atoms with Crippen LogP contribution in [-0.4, -0.2) is 36.1 Å². The molecule has 0 saturated carbocycles. The summed E-state index contributed by atoms with van der Waals surface area (Å²) >= 11 is 0. The molecule has 0 spiro atoms. The van der Waals surface area contributed by atoms with E-state index in [0.29, 0.717) is 0 Å². The number of likely N-dealkylation sites (N-methyl/N-ethyl adjacent to an activating group) is 1. The van der Waals surface area contributed by atoms with Gasteiger partial charge in [0.25, 0.3) is 0 Å². The van der Waals surface area contributed by atoms with Crippen LogP contribution in [0.25, 0.3) is 0 Å². The summed E-state index contributed by atoms with van der Waals surface area (Å²) in [5.41, 5.74) is -0.243. The van der Waals surface area contributed by atoms with Gasteiger partial charge in [-0.3, -0.25) is 10.1 Å². The van der Waals surface area contributed by atoms with Crippen molar-refractivity contribution in [3.05, 3.63) is 52.6 Å². The zero-order chi connectivity index (χ0) is 15.6. The summed E-state index contributed by atoms with van der Waals surface area (Å²) in [5, 5.41) is 11.7. The third-order valence-corrected chi connectivity index (χ3v) is 3.92. The molecule has 1 heterocycles. The van der Waals surface area contributed by atoms with E-state index in [-0.39, 0.29) is 13.0 Å². The van der Waals surface area contributed by atoms with Gasteiger partial charge >= 0.3 is 11.5 Å². The number of nitro groups is 1. The minimum atomic E-state index is -1.86. The summed E-state index contributed by atoms with van der Waals surface area (Å²) in [6, 6.07) is 6.57. The number of esters is 1. The third-order valence-electron chi connectivity index (χ3n) is 3.92. The van der Waals surface area contributed by atoms with Crippen molar-refractivity contribution in [1.29, 1.82) is 0 Å². The summed E-state index contributed by atoms with van der Waals surface area (Å²) in [6.45, 7) is 5.41. The van der Waals surface area contributed by atoms with Crippen molar-refractivity contribution in [2.24, 2.45) is 0 Å². The summed E-state index contributed by atoms with van der Waals surface area (Å²) in [6.07, 6.45) is 1.44. The van der Waals surface area contributed by atoms with E-state index >= 15 is 0 Å². The topological polar surface area (TPSA) is 72.7 Å². The molecule has 2 unspecified atom stereocenters. The molecule has 0 amide bonds. The Labute approximate surface area is 123 Å². The number of fused-ring (bicyclic) bond motifs is 1. The van der Waals surface area contributed by atoms with Gasteiger partial charge in [-0.25, -0.2) is 4.79 Å². The van der Waals surface area contributed by atoms with Crippen molar-refractivity contribution in [1.82, 2.24) is 0 Å². The number of hydrogen-bond acceptors (Lipinski definition) is 5. The lowest BCUT2D eigenvalue weighted by Gasteiger charge is -2.41. The molecule has 112 valence electrons. The number of ether oxygens (including phenoxy) is 1. The van der Waals surface area contributed by atoms with Crippen LogP contribution in [0.2, 0.25) is 0 Å². The average molecular weight is 290 g/mol. The lowest BCUT2D eigenvalue weighted by molar-refractivity contribution is -0.557. The maximum Gasteiger partial charge on any atom is 0.387 e. The molecule has 6 heteroatoms. The highest BCUT2D eigenvalue weighted by Crippen LogP contribution is 2.38. The number of carbonyl (C=O) groups is 1. The van der Waals surface area contributed by atoms with Gasteiger partial charge in [0.05, 0.1) is 13.0 Å². The lowest BCUT2D eigenvalue weighted by Crippen LogP contribution is -2.64. The van der Waals surface area contributed by atoms with Gasteiger partial charge in [-0.1, -0.05) is 24.3 Å². The number of carbonyl (C=O) groups excluding carboxylic acids is 1. The van der Waals surface area contributed by atoms with E-state index in [2.05, 4.69) is 6.58 Å². The molecule has 1 aromatic rings. The Morgan fingerprint density at radius 2 is 2.29 bits per heavy atom. The normalized spacial score (nSPS) is 24.1. The van der Waals surface area contributed by atoms with Crippen molar-refractivity contribution in [2.75, 3.05) is 18.6 Å². The Bertz CT molecular complexity index is 587. The van der Waals surface area contributed by atoms with Crippen molar-refractivity contribution in [3.8, 4) is 0 Å². The Morgan fingerprint density at radius 1 is 1.62 bits per heavy atom. The van der Waals surface area contributed by atoms with Crippen molar-refractivity contribution in [2.45, 2.75) is 24.9 Å². The first-order valence-corrected chi connectivity index (χ1v) is 6.74. The minimum absolute atomic E-state index is 0.00394. The molecule has 2 atom stereocenters. The van der Waals surface area contributed by atoms with E-state index in [0.717, 1.165) is 11.3 Å². The van der Waals surface area contributed by atoms with Gasteiger partial charge in [-0.2, -0.15) is 0 Å². The molecule has 0 radical (unpaired) electrons. The maximum absolute atomic E-state index is 12.3. The SMILES string of the molecule is C=CC1N(C)c2ccccc2CC1(C(=O)OCC)[N+](=O)[O-]. The highest BCUT2D eigenvalue weighted by molar-refractivity contribution is 5.84. The average Bonchev–Trinajstić information content (AvgIpc) is 2.47. The van der Waals surface area contributed by atoms with Crippen LogP contribution in [0, 0.1) is 10.1 Å². The first kappa shape index (κ1) is 15.0. The zero-order valence-electron chi connectivity index (χ0n) is 12.1. The van der Waals surface area contributed by atoms with Gasteiger partial charge in [0.2, 0.25) is 0 Å². The molecule has 1 aliphatic heterocycles. The van der Waals surface area contributed by atoms with Crippen molar-refractivity contribution in [3.63, 3.8) is 0 Å². The minimum Gasteiger partial charge on any atom is -0.461 e. The first-order valence-electron chi connectivity index (χ1n) is 6.74. The van der Waals surface area contributed by atoms with Gasteiger partial charge in [0, 0.05) is 17.7 Å². The van der Waals surface area contributed by atoms with E-state index in [1.54, 1.807) is 31.0 Å². The molecule has 21 heavy (non-hydrogen) atoms. The zero-order valence-corrected chi connectivity index (χ0v) is 12.1. The molecule has 0 N–H and O–H groups in total. The maximum atomic E-state index is 12.3. The number of anilines is 1. The summed E-state index contributed by atoms with van der Waals surface area (Å²) in [5.74, 6) is -0.818. The molecular formula is C15H18N2O4. The predicted octanol–water partition coefficient (Wildman–Crippen LogP) is 1.81. The molecule has 1 aromatic carbocycles. The standard InChI is InChI=1S/C15H18N2O4/c1-4-13-15(17(19)20,14(18)21-5-2)10-11-8-6-7-9-12(11)16(13)3/h4,6-9,13H,1,5,10H2,2-3H3. The molecule has 0 bridgehead atoms. The van der Waals surface area contributed by atoms with E-state index in [1.165, 1.54) is 6.08 Å². The summed E-state index contributed by atoms with van der Waals surface area (Å²) in [4.78, 5) is 25.3. The van der Waals surface area contributed by atoms with Crippen LogP contribution in [-0.2, 0) is 16.0 Å². The monoisotopic (exact) mass is 290 g/mol. The largest absolute Gasteiger partial charge is 0.461 e. The number of para-hydroxylation sites is 1. The lowest BCUT2D eigenvalue weighted by atomic mass is 9.79. The highest BCUT2D eigenvalue weighted by atomic mass is 16.6. The van der Waals surface area contributed by atoms with Gasteiger partial charge in [0.1, 0.15) is 6.04 Å². The van der Waals surface area contributed by atoms with E-state index in [1.807, 2.05) is 12.1 Å². The number of hydrogen-bond donors (Lipinski definition) is 0. The fourth-order valence-corrected chi connectivity index (χ4v) is 2.92. The second-order valence-electron chi connectivity index (χ2n) is 5.00. The van der Waals surface area contributed by atoms with E-state index in [4.69, 9.17) is 4.74 Å². The van der Waals surface area contributed by atoms with Crippen LogP contribution < -0.4 is 4.90 Å². The Hall–Kier alpha value is -2.37. The van der Waals surface area contributed by atoms with Crippen molar-refractivity contribution >= 4 is 11.7 Å². The first-order chi connectivity index (χ1) is 9.98. The number of nitrogens with zero attached hydrogens (tertiary/aromatic N) is 2. The quantitative estimate of drug-likeness (QED) is 0.366. The molecular weight excluding hydrogens is 272 g/mol. The van der Waals surface area contributed by atoms with Crippen LogP contribution in [0.3, 0.4) is 0 Å². The van der Waals surface area contributed by atoms with Crippen LogP contribution >= 0.6 is 0 Å². The molecule has 1 aliphatic rings. The molecule has 0 fully saturated rings. The Kier molecular flexibility index (Phi) is 3.97. The van der Waals surface area contributed by atoms with Gasteiger partial charge in [0.15, 0.2) is 0 Å². The van der Waals surface area contributed by atoms with E-state index in [9.17, 15) is 14.9 Å². The molecule has 2 rings (SSSR count). The van der Waals surface area contributed by atoms with Gasteiger partial charge < -0.3 is 9.64 Å². The second-order valence-corrected chi connectivity index (χ2v) is 5.00. The van der Waals surface area contributed by atoms with Gasteiger partial charge in [-0.05, 0) is 18.6 Å². The van der Waals surface area contributed by atoms with Crippen LogP contribution in [0.4, 0.5) is 5.69 Å². The Balaban J connectivity index is 2.62. The molecule has 0 saturated heterocycles. The Morgan fingerprint density at radius 3 is 2.86 bits per heavy atom. The second kappa shape index (κ2) is 5.55. The number of benzene rings is 1. The smallest absolute Gasteiger partial charge is 0.387 e. The summed E-state index contributed by atoms with van der Waals surface area (Å²) < 4.78 is 4.99. The predicted molar refractivity (Wildman–Crippen MR) is 78.9 cm³/mol. The van der Waals surface area contributed by atoms with Crippen molar-refractivity contribution < 1.29 is 14.5 Å². The fourth-order valence-electron chi connectivity index (χ4n) is 2.92. The van der Waals surface area contributed by atoms with Gasteiger partial charge in [-0.15, -0.1) is 6.58 Å². The highest BCUT2D eigenvalue weighted by Gasteiger charge is 2.62. The fraction of sp³-hybridized carbons (Fsp3) is 0.400. The van der Waals surface area contributed by atoms with E-state index < -0.39 is 22.5 Å². The molecule has 6 nitrogen and oxygen atoms in total. The number of rotatable bonds is 4. The third kappa shape index (κ3) is 2.16. The van der Waals surface area contributed by atoms with Crippen LogP contribution in [0.5, 0.6) is 0 Å². The van der Waals surface area contributed by atoms with Crippen LogP contribution in [0.1, 0.15) is 12.5 Å². The van der Waals surface area contributed by atoms with Crippen LogP contribution in [0.15, 0.2) is 36.9 Å². The molecule has 0 aliphatic carbocycles. The molecule has 0 aromatic heterocycles.